The van der Waals surface area contributed by atoms with E-state index in [0.29, 0.717) is 5.69 Å². The van der Waals surface area contributed by atoms with Gasteiger partial charge in [0, 0.05) is 6.07 Å². The summed E-state index contributed by atoms with van der Waals surface area (Å²) in [5.74, 6) is -1.11. The van der Waals surface area contributed by atoms with Gasteiger partial charge in [0.2, 0.25) is 21.8 Å². The molecule has 1 aromatic rings. The number of ether oxygens (including phenoxy) is 1. The number of carbonyl (C=O) groups is 2. The molecular formula is C11H13N3O5S. The number of rotatable bonds is 3. The summed E-state index contributed by atoms with van der Waals surface area (Å²) in [5.41, 5.74) is 5.90. The quantitative estimate of drug-likeness (QED) is 0.541. The van der Waals surface area contributed by atoms with Gasteiger partial charge in [-0.3, -0.25) is 14.9 Å². The maximum atomic E-state index is 12.4. The number of amides is 2. The Balaban J connectivity index is 2.39. The Morgan fingerprint density at radius 1 is 1.25 bits per heavy atom. The van der Waals surface area contributed by atoms with E-state index < -0.39 is 34.9 Å². The normalized spacial score (nSPS) is 16.9. The van der Waals surface area contributed by atoms with Crippen LogP contribution in [0.2, 0.25) is 0 Å². The number of hydrogen-bond acceptors (Lipinski definition) is 6. The van der Waals surface area contributed by atoms with Crippen LogP contribution in [0.5, 0.6) is 5.75 Å². The summed E-state index contributed by atoms with van der Waals surface area (Å²) in [5, 5.41) is 2.04. The van der Waals surface area contributed by atoms with Gasteiger partial charge < -0.3 is 10.5 Å². The highest BCUT2D eigenvalue weighted by atomic mass is 32.2. The number of nitrogen functional groups attached to an aromatic ring is 1. The van der Waals surface area contributed by atoms with Crippen LogP contribution in [-0.4, -0.2) is 44.7 Å². The van der Waals surface area contributed by atoms with E-state index in [1.165, 1.54) is 25.3 Å². The third-order valence-corrected chi connectivity index (χ3v) is 4.55. The number of carbonyl (C=O) groups excluding carboxylic acids is 2. The molecule has 1 aliphatic rings. The van der Waals surface area contributed by atoms with Gasteiger partial charge in [-0.1, -0.05) is 0 Å². The fraction of sp³-hybridized carbons (Fsp3) is 0.273. The van der Waals surface area contributed by atoms with Crippen molar-refractivity contribution in [1.82, 2.24) is 9.62 Å². The van der Waals surface area contributed by atoms with E-state index in [9.17, 15) is 18.0 Å². The molecule has 9 heteroatoms. The van der Waals surface area contributed by atoms with Crippen molar-refractivity contribution in [2.45, 2.75) is 4.90 Å². The van der Waals surface area contributed by atoms with Gasteiger partial charge in [0.05, 0.1) is 30.8 Å². The molecule has 0 bridgehead atoms. The van der Waals surface area contributed by atoms with E-state index in [0.717, 1.165) is 4.31 Å². The predicted molar refractivity (Wildman–Crippen MR) is 69.3 cm³/mol. The van der Waals surface area contributed by atoms with Gasteiger partial charge >= 0.3 is 0 Å². The summed E-state index contributed by atoms with van der Waals surface area (Å²) >= 11 is 0. The first-order chi connectivity index (χ1) is 9.34. The molecule has 2 rings (SSSR count). The molecule has 1 fully saturated rings. The van der Waals surface area contributed by atoms with E-state index in [1.807, 2.05) is 5.32 Å². The maximum Gasteiger partial charge on any atom is 0.244 e. The van der Waals surface area contributed by atoms with Gasteiger partial charge in [-0.05, 0) is 12.1 Å². The fourth-order valence-corrected chi connectivity index (χ4v) is 3.15. The zero-order valence-corrected chi connectivity index (χ0v) is 11.4. The molecule has 20 heavy (non-hydrogen) atoms. The van der Waals surface area contributed by atoms with Crippen molar-refractivity contribution in [2.75, 3.05) is 25.9 Å². The molecule has 0 radical (unpaired) electrons. The second kappa shape index (κ2) is 5.10. The lowest BCUT2D eigenvalue weighted by Crippen LogP contribution is -2.53. The molecule has 0 spiro atoms. The first kappa shape index (κ1) is 14.3. The predicted octanol–water partition coefficient (Wildman–Crippen LogP) is -1.08. The number of hydrogen-bond donors (Lipinski definition) is 2. The number of anilines is 1. The van der Waals surface area contributed by atoms with E-state index >= 15 is 0 Å². The van der Waals surface area contributed by atoms with Crippen molar-refractivity contribution < 1.29 is 22.7 Å². The van der Waals surface area contributed by atoms with Gasteiger partial charge in [0.1, 0.15) is 5.75 Å². The second-order valence-electron chi connectivity index (χ2n) is 4.15. The Morgan fingerprint density at radius 3 is 2.40 bits per heavy atom. The summed E-state index contributed by atoms with van der Waals surface area (Å²) in [6.07, 6.45) is 0. The highest BCUT2D eigenvalue weighted by Crippen LogP contribution is 2.26. The lowest BCUT2D eigenvalue weighted by atomic mass is 10.3. The summed E-state index contributed by atoms with van der Waals surface area (Å²) in [6.45, 7) is -0.804. The Hall–Kier alpha value is -2.13. The number of nitrogens with one attached hydrogen (secondary N) is 1. The Bertz CT molecular complexity index is 655. The molecule has 1 aromatic carbocycles. The van der Waals surface area contributed by atoms with Crippen molar-refractivity contribution in [3.63, 3.8) is 0 Å². The molecule has 0 aliphatic carbocycles. The third-order valence-electron chi connectivity index (χ3n) is 2.76. The second-order valence-corrected chi connectivity index (χ2v) is 6.09. The lowest BCUT2D eigenvalue weighted by molar-refractivity contribution is -0.134. The average Bonchev–Trinajstić information content (AvgIpc) is 2.37. The van der Waals surface area contributed by atoms with Gasteiger partial charge in [-0.15, -0.1) is 0 Å². The van der Waals surface area contributed by atoms with Gasteiger partial charge in [-0.25, -0.2) is 8.42 Å². The van der Waals surface area contributed by atoms with Crippen molar-refractivity contribution in [3.8, 4) is 5.75 Å². The van der Waals surface area contributed by atoms with Crippen LogP contribution in [0.1, 0.15) is 0 Å². The molecule has 0 unspecified atom stereocenters. The summed E-state index contributed by atoms with van der Waals surface area (Å²) in [7, 11) is -2.60. The number of nitrogens with two attached hydrogens (primary N) is 1. The summed E-state index contributed by atoms with van der Waals surface area (Å²) in [4.78, 5) is 22.4. The van der Waals surface area contributed by atoms with Crippen molar-refractivity contribution in [2.24, 2.45) is 0 Å². The van der Waals surface area contributed by atoms with E-state index in [1.54, 1.807) is 0 Å². The smallest absolute Gasteiger partial charge is 0.244 e. The Labute approximate surface area is 115 Å². The molecule has 1 saturated heterocycles. The summed E-state index contributed by atoms with van der Waals surface area (Å²) in [6, 6.07) is 3.93. The fourth-order valence-electron chi connectivity index (χ4n) is 1.78. The van der Waals surface area contributed by atoms with E-state index in [4.69, 9.17) is 10.5 Å². The molecule has 0 atom stereocenters. The minimum absolute atomic E-state index is 0.0916. The SMILES string of the molecule is COc1cc(S(=O)(=O)N2CC(=O)NC(=O)C2)ccc1N. The Kier molecular flexibility index (Phi) is 3.64. The first-order valence-electron chi connectivity index (χ1n) is 5.61. The molecule has 1 heterocycles. The monoisotopic (exact) mass is 299 g/mol. The number of sulfonamides is 1. The van der Waals surface area contributed by atoms with Crippen molar-refractivity contribution in [3.05, 3.63) is 18.2 Å². The van der Waals surface area contributed by atoms with Crippen LogP contribution < -0.4 is 15.8 Å². The minimum atomic E-state index is -3.96. The zero-order chi connectivity index (χ0) is 14.9. The van der Waals surface area contributed by atoms with Crippen molar-refractivity contribution >= 4 is 27.5 Å². The third kappa shape index (κ3) is 2.58. The van der Waals surface area contributed by atoms with Crippen LogP contribution in [-0.2, 0) is 19.6 Å². The highest BCUT2D eigenvalue weighted by molar-refractivity contribution is 7.89. The van der Waals surface area contributed by atoms with E-state index in [2.05, 4.69) is 0 Å². The zero-order valence-electron chi connectivity index (χ0n) is 10.6. The van der Waals surface area contributed by atoms with Gasteiger partial charge in [-0.2, -0.15) is 4.31 Å². The highest BCUT2D eigenvalue weighted by Gasteiger charge is 2.33. The molecule has 1 aliphatic heterocycles. The molecule has 0 saturated carbocycles. The number of piperazine rings is 1. The summed E-state index contributed by atoms with van der Waals surface area (Å²) < 4.78 is 30.5. The lowest BCUT2D eigenvalue weighted by Gasteiger charge is -2.24. The number of methoxy groups -OCH3 is 1. The van der Waals surface area contributed by atoms with Crippen LogP contribution in [0.25, 0.3) is 0 Å². The molecular weight excluding hydrogens is 286 g/mol. The van der Waals surface area contributed by atoms with Crippen LogP contribution in [0.3, 0.4) is 0 Å². The van der Waals surface area contributed by atoms with E-state index in [-0.39, 0.29) is 10.6 Å². The standard InChI is InChI=1S/C11H13N3O5S/c1-19-9-4-7(2-3-8(9)12)20(17,18)14-5-10(15)13-11(16)6-14/h2-4H,5-6,12H2,1H3,(H,13,15,16). The first-order valence-corrected chi connectivity index (χ1v) is 7.05. The Morgan fingerprint density at radius 2 is 1.85 bits per heavy atom. The number of nitrogens with zero attached hydrogens (tertiary/aromatic N) is 1. The van der Waals surface area contributed by atoms with Crippen LogP contribution in [0, 0.1) is 0 Å². The molecule has 2 amide bonds. The van der Waals surface area contributed by atoms with Gasteiger partial charge in [0.25, 0.3) is 0 Å². The molecule has 8 nitrogen and oxygen atoms in total. The minimum Gasteiger partial charge on any atom is -0.495 e. The largest absolute Gasteiger partial charge is 0.495 e. The van der Waals surface area contributed by atoms with Crippen LogP contribution >= 0.6 is 0 Å². The molecule has 108 valence electrons. The molecule has 3 N–H and O–H groups in total. The van der Waals surface area contributed by atoms with Gasteiger partial charge in [0.15, 0.2) is 0 Å². The maximum absolute atomic E-state index is 12.4. The topological polar surface area (TPSA) is 119 Å². The molecule has 0 aromatic heterocycles. The average molecular weight is 299 g/mol. The van der Waals surface area contributed by atoms with Crippen LogP contribution in [0.15, 0.2) is 23.1 Å². The number of imide groups is 1. The van der Waals surface area contributed by atoms with Crippen molar-refractivity contribution in [1.29, 1.82) is 0 Å². The number of benzene rings is 1. The van der Waals surface area contributed by atoms with Crippen LogP contribution in [0.4, 0.5) is 5.69 Å².